The highest BCUT2D eigenvalue weighted by atomic mass is 32.2. The molecule has 1 aliphatic rings. The molecular weight excluding hydrogens is 248 g/mol. The predicted octanol–water partition coefficient (Wildman–Crippen LogP) is 1.58. The summed E-state index contributed by atoms with van der Waals surface area (Å²) in [6.45, 7) is 3.12. The van der Waals surface area contributed by atoms with Crippen molar-refractivity contribution in [2.45, 2.75) is 37.2 Å². The zero-order chi connectivity index (χ0) is 13.2. The van der Waals surface area contributed by atoms with Gasteiger partial charge in [-0.2, -0.15) is 4.31 Å². The first-order chi connectivity index (χ1) is 8.59. The summed E-state index contributed by atoms with van der Waals surface area (Å²) in [6.07, 6.45) is 1.98. The quantitative estimate of drug-likeness (QED) is 0.852. The number of hydrogen-bond acceptors (Lipinski definition) is 3. The molecule has 1 fully saturated rings. The van der Waals surface area contributed by atoms with Crippen LogP contribution in [0.2, 0.25) is 0 Å². The standard InChI is InChI=1S/C13H20N2O2S/c1-3-15(12-7-8-12)18(16,17)13-6-4-5-11(9-13)10-14-2/h4-6,9,12,14H,3,7-8,10H2,1-2H3. The summed E-state index contributed by atoms with van der Waals surface area (Å²) in [5.41, 5.74) is 0.991. The lowest BCUT2D eigenvalue weighted by Gasteiger charge is -2.20. The molecule has 100 valence electrons. The van der Waals surface area contributed by atoms with Crippen molar-refractivity contribution >= 4 is 10.0 Å². The fourth-order valence-corrected chi connectivity index (χ4v) is 3.91. The lowest BCUT2D eigenvalue weighted by atomic mass is 10.2. The van der Waals surface area contributed by atoms with E-state index in [0.717, 1.165) is 18.4 Å². The highest BCUT2D eigenvalue weighted by Crippen LogP contribution is 2.31. The number of nitrogens with one attached hydrogen (secondary N) is 1. The van der Waals surface area contributed by atoms with E-state index in [1.807, 2.05) is 20.0 Å². The summed E-state index contributed by atoms with van der Waals surface area (Å²) >= 11 is 0. The Morgan fingerprint density at radius 2 is 2.11 bits per heavy atom. The van der Waals surface area contributed by atoms with E-state index in [4.69, 9.17) is 0 Å². The second kappa shape index (κ2) is 5.38. The molecule has 1 N–H and O–H groups in total. The normalized spacial score (nSPS) is 16.2. The molecule has 0 heterocycles. The summed E-state index contributed by atoms with van der Waals surface area (Å²) in [7, 11) is -1.47. The van der Waals surface area contributed by atoms with E-state index in [1.54, 1.807) is 22.5 Å². The average Bonchev–Trinajstić information content (AvgIpc) is 3.15. The third-order valence-corrected chi connectivity index (χ3v) is 5.18. The zero-order valence-electron chi connectivity index (χ0n) is 10.9. The maximum absolute atomic E-state index is 12.5. The van der Waals surface area contributed by atoms with E-state index in [9.17, 15) is 8.42 Å². The molecule has 5 heteroatoms. The molecule has 1 saturated carbocycles. The summed E-state index contributed by atoms with van der Waals surface area (Å²) < 4.78 is 26.6. The van der Waals surface area contributed by atoms with E-state index < -0.39 is 10.0 Å². The van der Waals surface area contributed by atoms with Crippen LogP contribution in [-0.2, 0) is 16.6 Å². The fourth-order valence-electron chi connectivity index (χ4n) is 2.14. The van der Waals surface area contributed by atoms with Crippen molar-refractivity contribution in [3.05, 3.63) is 29.8 Å². The lowest BCUT2D eigenvalue weighted by molar-refractivity contribution is 0.421. The molecule has 0 aliphatic heterocycles. The molecule has 0 saturated heterocycles. The van der Waals surface area contributed by atoms with Gasteiger partial charge in [0.25, 0.3) is 0 Å². The van der Waals surface area contributed by atoms with Crippen molar-refractivity contribution in [3.63, 3.8) is 0 Å². The van der Waals surface area contributed by atoms with Crippen LogP contribution in [-0.4, -0.2) is 32.4 Å². The summed E-state index contributed by atoms with van der Waals surface area (Å²) in [4.78, 5) is 0.406. The number of hydrogen-bond donors (Lipinski definition) is 1. The summed E-state index contributed by atoms with van der Waals surface area (Å²) in [5, 5.41) is 3.03. The molecule has 4 nitrogen and oxygen atoms in total. The Kier molecular flexibility index (Phi) is 4.04. The van der Waals surface area contributed by atoms with Crippen LogP contribution in [0.5, 0.6) is 0 Å². The van der Waals surface area contributed by atoms with E-state index in [0.29, 0.717) is 18.0 Å². The second-order valence-corrected chi connectivity index (χ2v) is 6.51. The van der Waals surface area contributed by atoms with Gasteiger partial charge in [-0.15, -0.1) is 0 Å². The van der Waals surface area contributed by atoms with Crippen molar-refractivity contribution in [1.82, 2.24) is 9.62 Å². The Labute approximate surface area is 109 Å². The Morgan fingerprint density at radius 1 is 1.39 bits per heavy atom. The summed E-state index contributed by atoms with van der Waals surface area (Å²) in [6, 6.07) is 7.40. The first-order valence-corrected chi connectivity index (χ1v) is 7.79. The first-order valence-electron chi connectivity index (χ1n) is 6.35. The Hall–Kier alpha value is -0.910. The van der Waals surface area contributed by atoms with Crippen molar-refractivity contribution in [1.29, 1.82) is 0 Å². The lowest BCUT2D eigenvalue weighted by Crippen LogP contribution is -2.32. The van der Waals surface area contributed by atoms with Crippen LogP contribution in [0.25, 0.3) is 0 Å². The molecule has 0 amide bonds. The van der Waals surface area contributed by atoms with Crippen LogP contribution in [0.15, 0.2) is 29.2 Å². The van der Waals surface area contributed by atoms with Gasteiger partial charge >= 0.3 is 0 Å². The highest BCUT2D eigenvalue weighted by molar-refractivity contribution is 7.89. The zero-order valence-corrected chi connectivity index (χ0v) is 11.7. The fraction of sp³-hybridized carbons (Fsp3) is 0.538. The average molecular weight is 268 g/mol. The topological polar surface area (TPSA) is 49.4 Å². The Morgan fingerprint density at radius 3 is 2.67 bits per heavy atom. The third kappa shape index (κ3) is 2.74. The third-order valence-electron chi connectivity index (χ3n) is 3.15. The SMILES string of the molecule is CCN(C1CC1)S(=O)(=O)c1cccc(CNC)c1. The second-order valence-electron chi connectivity index (χ2n) is 4.62. The van der Waals surface area contributed by atoms with Crippen molar-refractivity contribution in [2.24, 2.45) is 0 Å². The monoisotopic (exact) mass is 268 g/mol. The number of nitrogens with zero attached hydrogens (tertiary/aromatic N) is 1. The van der Waals surface area contributed by atoms with Gasteiger partial charge in [0.2, 0.25) is 10.0 Å². The highest BCUT2D eigenvalue weighted by Gasteiger charge is 2.36. The number of benzene rings is 1. The molecule has 1 aromatic rings. The van der Waals surface area contributed by atoms with Gasteiger partial charge in [0.05, 0.1) is 4.90 Å². The van der Waals surface area contributed by atoms with E-state index >= 15 is 0 Å². The van der Waals surface area contributed by atoms with Crippen LogP contribution in [0, 0.1) is 0 Å². The first kappa shape index (κ1) is 13.5. The molecule has 18 heavy (non-hydrogen) atoms. The van der Waals surface area contributed by atoms with Crippen molar-refractivity contribution in [3.8, 4) is 0 Å². The van der Waals surface area contributed by atoms with Gasteiger partial charge in [0.1, 0.15) is 0 Å². The largest absolute Gasteiger partial charge is 0.316 e. The molecule has 0 aromatic heterocycles. The van der Waals surface area contributed by atoms with E-state index in [-0.39, 0.29) is 6.04 Å². The van der Waals surface area contributed by atoms with Crippen LogP contribution in [0.1, 0.15) is 25.3 Å². The van der Waals surface area contributed by atoms with Crippen LogP contribution >= 0.6 is 0 Å². The van der Waals surface area contributed by atoms with E-state index in [2.05, 4.69) is 5.32 Å². The van der Waals surface area contributed by atoms with Crippen LogP contribution in [0.3, 0.4) is 0 Å². The van der Waals surface area contributed by atoms with Gasteiger partial charge in [-0.1, -0.05) is 19.1 Å². The predicted molar refractivity (Wildman–Crippen MR) is 71.8 cm³/mol. The van der Waals surface area contributed by atoms with E-state index in [1.165, 1.54) is 0 Å². The molecule has 0 bridgehead atoms. The van der Waals surface area contributed by atoms with Crippen molar-refractivity contribution < 1.29 is 8.42 Å². The van der Waals surface area contributed by atoms with Gasteiger partial charge in [-0.25, -0.2) is 8.42 Å². The Balaban J connectivity index is 2.30. The smallest absolute Gasteiger partial charge is 0.243 e. The van der Waals surface area contributed by atoms with Crippen molar-refractivity contribution in [2.75, 3.05) is 13.6 Å². The molecule has 0 unspecified atom stereocenters. The van der Waals surface area contributed by atoms with Gasteiger partial charge < -0.3 is 5.32 Å². The molecule has 1 aliphatic carbocycles. The van der Waals surface area contributed by atoms with Crippen LogP contribution < -0.4 is 5.32 Å². The molecule has 2 rings (SSSR count). The Bertz CT molecular complexity index is 509. The molecule has 0 atom stereocenters. The minimum atomic E-state index is -3.32. The molecule has 1 aromatic carbocycles. The minimum Gasteiger partial charge on any atom is -0.316 e. The minimum absolute atomic E-state index is 0.216. The van der Waals surface area contributed by atoms with Gasteiger partial charge in [0, 0.05) is 19.1 Å². The maximum Gasteiger partial charge on any atom is 0.243 e. The number of rotatable bonds is 6. The van der Waals surface area contributed by atoms with Gasteiger partial charge in [-0.3, -0.25) is 0 Å². The van der Waals surface area contributed by atoms with Gasteiger partial charge in [-0.05, 0) is 37.6 Å². The molecule has 0 radical (unpaired) electrons. The van der Waals surface area contributed by atoms with Gasteiger partial charge in [0.15, 0.2) is 0 Å². The molecule has 0 spiro atoms. The molecular formula is C13H20N2O2S. The number of sulfonamides is 1. The van der Waals surface area contributed by atoms with Crippen LogP contribution in [0.4, 0.5) is 0 Å². The summed E-state index contributed by atoms with van der Waals surface area (Å²) in [5.74, 6) is 0. The maximum atomic E-state index is 12.5.